The van der Waals surface area contributed by atoms with Crippen LogP contribution in [0.2, 0.25) is 0 Å². The number of hydrogen-bond acceptors (Lipinski definition) is 4. The molecule has 0 fully saturated rings. The first kappa shape index (κ1) is 11.5. The fourth-order valence-corrected chi connectivity index (χ4v) is 1.27. The second-order valence-corrected chi connectivity index (χ2v) is 3.23. The van der Waals surface area contributed by atoms with Gasteiger partial charge in [-0.05, 0) is 18.6 Å². The predicted octanol–water partition coefficient (Wildman–Crippen LogP) is 1.96. The first-order valence-electron chi connectivity index (χ1n) is 4.62. The number of nitro groups is 1. The zero-order chi connectivity index (χ0) is 11.3. The summed E-state index contributed by atoms with van der Waals surface area (Å²) in [5.41, 5.74) is 1.72. The molecule has 1 rings (SSSR count). The first-order chi connectivity index (χ1) is 7.13. The van der Waals surface area contributed by atoms with Crippen LogP contribution in [0.15, 0.2) is 18.2 Å². The maximum atomic E-state index is 10.6. The van der Waals surface area contributed by atoms with Gasteiger partial charge in [0.15, 0.2) is 0 Å². The van der Waals surface area contributed by atoms with Gasteiger partial charge in [-0.15, -0.1) is 0 Å². The Morgan fingerprint density at radius 3 is 2.80 bits per heavy atom. The molecular weight excluding hydrogens is 196 g/mol. The lowest BCUT2D eigenvalue weighted by Crippen LogP contribution is -2.07. The number of methoxy groups -OCH3 is 1. The Morgan fingerprint density at radius 1 is 1.47 bits per heavy atom. The van der Waals surface area contributed by atoms with Crippen molar-refractivity contribution >= 4 is 11.4 Å². The lowest BCUT2D eigenvalue weighted by Gasteiger charge is -2.06. The van der Waals surface area contributed by atoms with E-state index in [0.29, 0.717) is 13.2 Å². The van der Waals surface area contributed by atoms with Crippen molar-refractivity contribution in [3.8, 4) is 0 Å². The molecule has 0 aliphatic heterocycles. The molecule has 0 heterocycles. The summed E-state index contributed by atoms with van der Waals surface area (Å²) in [6, 6.07) is 4.92. The van der Waals surface area contributed by atoms with Crippen molar-refractivity contribution in [2.75, 3.05) is 25.6 Å². The van der Waals surface area contributed by atoms with Gasteiger partial charge < -0.3 is 10.1 Å². The third kappa shape index (κ3) is 3.55. The number of hydrogen-bond donors (Lipinski definition) is 1. The number of benzene rings is 1. The summed E-state index contributed by atoms with van der Waals surface area (Å²) in [6.07, 6.45) is 0. The second-order valence-electron chi connectivity index (χ2n) is 3.23. The maximum absolute atomic E-state index is 10.6. The smallest absolute Gasteiger partial charge is 0.271 e. The summed E-state index contributed by atoms with van der Waals surface area (Å²) >= 11 is 0. The fraction of sp³-hybridized carbons (Fsp3) is 0.400. The van der Waals surface area contributed by atoms with Crippen molar-refractivity contribution in [2.45, 2.75) is 6.92 Å². The van der Waals surface area contributed by atoms with E-state index in [0.717, 1.165) is 11.3 Å². The highest BCUT2D eigenvalue weighted by Crippen LogP contribution is 2.19. The van der Waals surface area contributed by atoms with E-state index >= 15 is 0 Å². The molecule has 5 heteroatoms. The molecule has 1 aromatic rings. The molecule has 1 aromatic carbocycles. The average molecular weight is 210 g/mol. The normalized spacial score (nSPS) is 10.0. The molecule has 1 N–H and O–H groups in total. The van der Waals surface area contributed by atoms with Gasteiger partial charge in [0, 0.05) is 31.5 Å². The average Bonchev–Trinajstić information content (AvgIpc) is 2.17. The lowest BCUT2D eigenvalue weighted by atomic mass is 10.2. The van der Waals surface area contributed by atoms with Gasteiger partial charge in [-0.1, -0.05) is 0 Å². The summed E-state index contributed by atoms with van der Waals surface area (Å²) in [5, 5.41) is 13.6. The van der Waals surface area contributed by atoms with E-state index in [-0.39, 0.29) is 5.69 Å². The summed E-state index contributed by atoms with van der Waals surface area (Å²) in [7, 11) is 1.61. The van der Waals surface area contributed by atoms with Crippen molar-refractivity contribution in [1.82, 2.24) is 0 Å². The van der Waals surface area contributed by atoms with E-state index in [1.54, 1.807) is 13.2 Å². The molecule has 0 radical (unpaired) electrons. The summed E-state index contributed by atoms with van der Waals surface area (Å²) in [6.45, 7) is 3.04. The Labute approximate surface area is 88.2 Å². The zero-order valence-corrected chi connectivity index (χ0v) is 8.82. The van der Waals surface area contributed by atoms with E-state index < -0.39 is 4.92 Å². The van der Waals surface area contributed by atoms with Crippen molar-refractivity contribution < 1.29 is 9.66 Å². The lowest BCUT2D eigenvalue weighted by molar-refractivity contribution is -0.384. The van der Waals surface area contributed by atoms with Gasteiger partial charge in [-0.25, -0.2) is 0 Å². The van der Waals surface area contributed by atoms with Crippen molar-refractivity contribution in [3.05, 3.63) is 33.9 Å². The van der Waals surface area contributed by atoms with Crippen LogP contribution in [0.25, 0.3) is 0 Å². The molecule has 15 heavy (non-hydrogen) atoms. The molecule has 0 aliphatic carbocycles. The highest BCUT2D eigenvalue weighted by atomic mass is 16.6. The Kier molecular flexibility index (Phi) is 4.05. The largest absolute Gasteiger partial charge is 0.383 e. The molecule has 0 atom stereocenters. The number of anilines is 1. The molecule has 0 spiro atoms. The first-order valence-corrected chi connectivity index (χ1v) is 4.62. The van der Waals surface area contributed by atoms with Crippen LogP contribution in [0.4, 0.5) is 11.4 Å². The van der Waals surface area contributed by atoms with Crippen molar-refractivity contribution in [1.29, 1.82) is 0 Å². The van der Waals surface area contributed by atoms with Gasteiger partial charge in [-0.3, -0.25) is 10.1 Å². The Morgan fingerprint density at radius 2 is 2.20 bits per heavy atom. The van der Waals surface area contributed by atoms with Crippen LogP contribution < -0.4 is 5.32 Å². The molecule has 82 valence electrons. The Bertz CT molecular complexity index is 353. The summed E-state index contributed by atoms with van der Waals surface area (Å²) in [5.74, 6) is 0. The molecule has 0 saturated heterocycles. The molecule has 0 unspecified atom stereocenters. The zero-order valence-electron chi connectivity index (χ0n) is 8.82. The minimum atomic E-state index is -0.394. The highest BCUT2D eigenvalue weighted by molar-refractivity contribution is 5.53. The Balaban J connectivity index is 2.75. The predicted molar refractivity (Wildman–Crippen MR) is 58.2 cm³/mol. The van der Waals surface area contributed by atoms with E-state index in [1.807, 2.05) is 13.0 Å². The third-order valence-corrected chi connectivity index (χ3v) is 1.91. The topological polar surface area (TPSA) is 64.4 Å². The molecule has 0 saturated carbocycles. The van der Waals surface area contributed by atoms with Gasteiger partial charge in [0.1, 0.15) is 0 Å². The quantitative estimate of drug-likeness (QED) is 0.458. The number of aryl methyl sites for hydroxylation is 1. The summed E-state index contributed by atoms with van der Waals surface area (Å²) in [4.78, 5) is 10.2. The van der Waals surface area contributed by atoms with Crippen LogP contribution in [0.3, 0.4) is 0 Å². The van der Waals surface area contributed by atoms with E-state index in [2.05, 4.69) is 5.32 Å². The van der Waals surface area contributed by atoms with Crippen LogP contribution in [0, 0.1) is 17.0 Å². The molecule has 5 nitrogen and oxygen atoms in total. The second kappa shape index (κ2) is 5.31. The van der Waals surface area contributed by atoms with E-state index in [4.69, 9.17) is 4.74 Å². The van der Waals surface area contributed by atoms with Crippen LogP contribution in [-0.2, 0) is 4.74 Å². The number of rotatable bonds is 5. The maximum Gasteiger partial charge on any atom is 0.271 e. The van der Waals surface area contributed by atoms with E-state index in [9.17, 15) is 10.1 Å². The van der Waals surface area contributed by atoms with Crippen LogP contribution in [0.5, 0.6) is 0 Å². The van der Waals surface area contributed by atoms with Gasteiger partial charge in [-0.2, -0.15) is 0 Å². The van der Waals surface area contributed by atoms with Gasteiger partial charge in [0.05, 0.1) is 11.5 Å². The minimum absolute atomic E-state index is 0.106. The monoisotopic (exact) mass is 210 g/mol. The van der Waals surface area contributed by atoms with Crippen LogP contribution in [-0.4, -0.2) is 25.2 Å². The minimum Gasteiger partial charge on any atom is -0.383 e. The number of ether oxygens (including phenoxy) is 1. The number of nitrogens with zero attached hydrogens (tertiary/aromatic N) is 1. The highest BCUT2D eigenvalue weighted by Gasteiger charge is 2.07. The Hall–Kier alpha value is -1.62. The van der Waals surface area contributed by atoms with Gasteiger partial charge in [0.2, 0.25) is 0 Å². The molecule has 0 amide bonds. The summed E-state index contributed by atoms with van der Waals surface area (Å²) < 4.78 is 4.88. The SMILES string of the molecule is COCCNc1cc(C)cc([N+](=O)[O-])c1. The van der Waals surface area contributed by atoms with Crippen molar-refractivity contribution in [2.24, 2.45) is 0 Å². The molecule has 0 aliphatic rings. The molecule has 0 bridgehead atoms. The standard InChI is InChI=1S/C10H14N2O3/c1-8-5-9(11-3-4-15-2)7-10(6-8)12(13)14/h5-7,11H,3-4H2,1-2H3. The molecular formula is C10H14N2O3. The van der Waals surface area contributed by atoms with Crippen LogP contribution >= 0.6 is 0 Å². The van der Waals surface area contributed by atoms with Crippen molar-refractivity contribution in [3.63, 3.8) is 0 Å². The van der Waals surface area contributed by atoms with Gasteiger partial charge in [0.25, 0.3) is 5.69 Å². The number of nitro benzene ring substituents is 1. The van der Waals surface area contributed by atoms with Gasteiger partial charge >= 0.3 is 0 Å². The van der Waals surface area contributed by atoms with E-state index in [1.165, 1.54) is 6.07 Å². The molecule has 0 aromatic heterocycles. The fourth-order valence-electron chi connectivity index (χ4n) is 1.27. The third-order valence-electron chi connectivity index (χ3n) is 1.91. The van der Waals surface area contributed by atoms with Crippen LogP contribution in [0.1, 0.15) is 5.56 Å². The number of non-ortho nitro benzene ring substituents is 1. The number of nitrogens with one attached hydrogen (secondary N) is 1.